The van der Waals surface area contributed by atoms with Crippen molar-refractivity contribution < 1.29 is 13.7 Å². The maximum Gasteiger partial charge on any atom is 0.237 e. The first kappa shape index (κ1) is 17.1. The van der Waals surface area contributed by atoms with Crippen molar-refractivity contribution in [1.82, 2.24) is 15.0 Å². The molecule has 0 radical (unpaired) electrons. The minimum absolute atomic E-state index is 0.169. The molecule has 0 spiro atoms. The van der Waals surface area contributed by atoms with Gasteiger partial charge >= 0.3 is 0 Å². The Morgan fingerprint density at radius 1 is 1.19 bits per heavy atom. The van der Waals surface area contributed by atoms with Gasteiger partial charge in [0.1, 0.15) is 6.54 Å². The van der Waals surface area contributed by atoms with Gasteiger partial charge in [0.25, 0.3) is 0 Å². The van der Waals surface area contributed by atoms with E-state index in [2.05, 4.69) is 16.5 Å². The number of nitrogens with zero attached hydrogens (tertiary/aromatic N) is 2. The van der Waals surface area contributed by atoms with Gasteiger partial charge in [0, 0.05) is 35.8 Å². The number of nitrogens with two attached hydrogens (primary N) is 1. The fraction of sp³-hybridized carbons (Fsp3) is 0.200. The van der Waals surface area contributed by atoms with Crippen LogP contribution in [0.3, 0.4) is 0 Å². The van der Waals surface area contributed by atoms with Crippen LogP contribution >= 0.6 is 0 Å². The van der Waals surface area contributed by atoms with E-state index in [1.165, 1.54) is 0 Å². The van der Waals surface area contributed by atoms with Crippen molar-refractivity contribution in [2.45, 2.75) is 26.6 Å². The van der Waals surface area contributed by atoms with E-state index in [0.29, 0.717) is 24.6 Å². The highest BCUT2D eigenvalue weighted by molar-refractivity contribution is 5.87. The number of amides is 1. The van der Waals surface area contributed by atoms with Gasteiger partial charge in [-0.25, -0.2) is 0 Å². The number of hydrogen-bond donors (Lipinski definition) is 2. The lowest BCUT2D eigenvalue weighted by molar-refractivity contribution is -0.118. The Morgan fingerprint density at radius 2 is 2.04 bits per heavy atom. The van der Waals surface area contributed by atoms with Gasteiger partial charge in [-0.1, -0.05) is 23.4 Å². The summed E-state index contributed by atoms with van der Waals surface area (Å²) in [5.41, 5.74) is 9.38. The van der Waals surface area contributed by atoms with Crippen LogP contribution in [0.5, 0.6) is 0 Å². The van der Waals surface area contributed by atoms with Crippen LogP contribution in [0.15, 0.2) is 57.7 Å². The van der Waals surface area contributed by atoms with Gasteiger partial charge in [0.2, 0.25) is 11.7 Å². The van der Waals surface area contributed by atoms with Crippen molar-refractivity contribution in [3.63, 3.8) is 0 Å². The highest BCUT2D eigenvalue weighted by Crippen LogP contribution is 2.26. The van der Waals surface area contributed by atoms with Crippen LogP contribution in [0.2, 0.25) is 0 Å². The quantitative estimate of drug-likeness (QED) is 0.525. The van der Waals surface area contributed by atoms with Crippen molar-refractivity contribution >= 4 is 16.8 Å². The smallest absolute Gasteiger partial charge is 0.237 e. The molecule has 138 valence electrons. The second-order valence-electron chi connectivity index (χ2n) is 6.40. The van der Waals surface area contributed by atoms with E-state index in [1.807, 2.05) is 41.8 Å². The molecular weight excluding hydrogens is 344 g/mol. The molecule has 0 saturated heterocycles. The standard InChI is InChI=1S/C20H20N4O3/c1-13-16(15-5-2-3-6-17(15)24(13)12-20(21)25)11-22-10-14-9-19(27-23-14)18-7-4-8-26-18/h2-9,22H,10-12H2,1H3,(H2,21,25). The first-order chi connectivity index (χ1) is 13.1. The molecule has 27 heavy (non-hydrogen) atoms. The van der Waals surface area contributed by atoms with Crippen molar-refractivity contribution in [3.05, 3.63) is 65.7 Å². The molecule has 3 N–H and O–H groups in total. The predicted molar refractivity (Wildman–Crippen MR) is 101 cm³/mol. The average Bonchev–Trinajstić information content (AvgIpc) is 3.38. The monoisotopic (exact) mass is 364 g/mol. The van der Waals surface area contributed by atoms with Crippen LogP contribution in [0.1, 0.15) is 17.0 Å². The molecule has 4 aromatic rings. The number of nitrogens with one attached hydrogen (secondary N) is 1. The highest BCUT2D eigenvalue weighted by atomic mass is 16.5. The molecule has 0 saturated carbocycles. The Balaban J connectivity index is 1.51. The average molecular weight is 364 g/mol. The normalized spacial score (nSPS) is 11.3. The third-order valence-corrected chi connectivity index (χ3v) is 4.61. The number of furan rings is 1. The summed E-state index contributed by atoms with van der Waals surface area (Å²) in [5, 5.41) is 8.57. The molecule has 0 atom stereocenters. The molecule has 0 bridgehead atoms. The minimum atomic E-state index is -0.355. The van der Waals surface area contributed by atoms with Crippen LogP contribution in [0.4, 0.5) is 0 Å². The van der Waals surface area contributed by atoms with Crippen molar-refractivity contribution in [3.8, 4) is 11.5 Å². The third-order valence-electron chi connectivity index (χ3n) is 4.61. The number of benzene rings is 1. The zero-order valence-corrected chi connectivity index (χ0v) is 14.9. The van der Waals surface area contributed by atoms with Gasteiger partial charge < -0.3 is 24.6 Å². The van der Waals surface area contributed by atoms with E-state index in [-0.39, 0.29) is 12.5 Å². The Labute approximate surface area is 155 Å². The number of para-hydroxylation sites is 1. The molecule has 7 heteroatoms. The second-order valence-corrected chi connectivity index (χ2v) is 6.40. The zero-order valence-electron chi connectivity index (χ0n) is 14.9. The molecule has 0 fully saturated rings. The summed E-state index contributed by atoms with van der Waals surface area (Å²) < 4.78 is 12.6. The predicted octanol–water partition coefficient (Wildman–Crippen LogP) is 2.97. The maximum absolute atomic E-state index is 11.4. The molecule has 0 aliphatic heterocycles. The number of hydrogen-bond acceptors (Lipinski definition) is 5. The van der Waals surface area contributed by atoms with Crippen LogP contribution in [0, 0.1) is 6.92 Å². The zero-order chi connectivity index (χ0) is 18.8. The van der Waals surface area contributed by atoms with E-state index in [4.69, 9.17) is 14.7 Å². The van der Waals surface area contributed by atoms with E-state index in [9.17, 15) is 4.79 Å². The number of carbonyl (C=O) groups is 1. The molecule has 1 amide bonds. The molecule has 0 unspecified atom stereocenters. The SMILES string of the molecule is Cc1c(CNCc2cc(-c3ccco3)on2)c2ccccc2n1CC(N)=O. The van der Waals surface area contributed by atoms with Gasteiger partial charge in [-0.05, 0) is 30.7 Å². The summed E-state index contributed by atoms with van der Waals surface area (Å²) in [5.74, 6) is 0.900. The lowest BCUT2D eigenvalue weighted by Gasteiger charge is -2.06. The van der Waals surface area contributed by atoms with E-state index in [1.54, 1.807) is 12.3 Å². The molecule has 4 rings (SSSR count). The van der Waals surface area contributed by atoms with Gasteiger partial charge in [-0.3, -0.25) is 4.79 Å². The molecule has 1 aromatic carbocycles. The summed E-state index contributed by atoms with van der Waals surface area (Å²) in [4.78, 5) is 11.4. The summed E-state index contributed by atoms with van der Waals surface area (Å²) in [7, 11) is 0. The van der Waals surface area contributed by atoms with Gasteiger partial charge in [-0.15, -0.1) is 0 Å². The van der Waals surface area contributed by atoms with Crippen LogP contribution in [0.25, 0.3) is 22.4 Å². The molecule has 3 heterocycles. The third kappa shape index (κ3) is 3.37. The molecule has 7 nitrogen and oxygen atoms in total. The van der Waals surface area contributed by atoms with Crippen LogP contribution in [-0.4, -0.2) is 15.6 Å². The number of aromatic nitrogens is 2. The van der Waals surface area contributed by atoms with Crippen molar-refractivity contribution in [1.29, 1.82) is 0 Å². The van der Waals surface area contributed by atoms with E-state index >= 15 is 0 Å². The van der Waals surface area contributed by atoms with Crippen LogP contribution < -0.4 is 11.1 Å². The minimum Gasteiger partial charge on any atom is -0.461 e. The first-order valence-corrected chi connectivity index (χ1v) is 8.68. The summed E-state index contributed by atoms with van der Waals surface area (Å²) in [6, 6.07) is 13.5. The van der Waals surface area contributed by atoms with Gasteiger partial charge in [0.05, 0.1) is 12.0 Å². The van der Waals surface area contributed by atoms with Gasteiger partial charge in [0.15, 0.2) is 5.76 Å². The summed E-state index contributed by atoms with van der Waals surface area (Å²) in [6.07, 6.45) is 1.60. The molecule has 0 aliphatic rings. The lowest BCUT2D eigenvalue weighted by atomic mass is 10.1. The van der Waals surface area contributed by atoms with Crippen LogP contribution in [-0.2, 0) is 24.4 Å². The number of rotatable bonds is 7. The lowest BCUT2D eigenvalue weighted by Crippen LogP contribution is -2.19. The first-order valence-electron chi connectivity index (χ1n) is 8.68. The molecule has 0 aliphatic carbocycles. The fourth-order valence-electron chi connectivity index (χ4n) is 3.33. The van der Waals surface area contributed by atoms with E-state index in [0.717, 1.165) is 27.9 Å². The Hall–Kier alpha value is -3.32. The van der Waals surface area contributed by atoms with Gasteiger partial charge in [-0.2, -0.15) is 0 Å². The number of primary amides is 1. The number of carbonyl (C=O) groups excluding carboxylic acids is 1. The highest BCUT2D eigenvalue weighted by Gasteiger charge is 2.15. The Kier molecular flexibility index (Phi) is 4.52. The van der Waals surface area contributed by atoms with Crippen molar-refractivity contribution in [2.24, 2.45) is 5.73 Å². The maximum atomic E-state index is 11.4. The second kappa shape index (κ2) is 7.13. The van der Waals surface area contributed by atoms with Crippen molar-refractivity contribution in [2.75, 3.05) is 0 Å². The molecular formula is C20H20N4O3. The van der Waals surface area contributed by atoms with E-state index < -0.39 is 0 Å². The Bertz CT molecular complexity index is 1080. The number of fused-ring (bicyclic) bond motifs is 1. The molecule has 3 aromatic heterocycles. The summed E-state index contributed by atoms with van der Waals surface area (Å²) >= 11 is 0. The largest absolute Gasteiger partial charge is 0.461 e. The fourth-order valence-corrected chi connectivity index (χ4v) is 3.33. The topological polar surface area (TPSA) is 99.2 Å². The summed E-state index contributed by atoms with van der Waals surface area (Å²) in [6.45, 7) is 3.37. The Morgan fingerprint density at radius 3 is 2.81 bits per heavy atom.